The molecular weight excluding hydrogens is 427 g/mol. The maximum Gasteiger partial charge on any atom is 0.287 e. The first-order chi connectivity index (χ1) is 13.3. The summed E-state index contributed by atoms with van der Waals surface area (Å²) in [6.45, 7) is 0.592. The molecule has 0 bridgehead atoms. The number of rotatable bonds is 5. The fourth-order valence-corrected chi connectivity index (χ4v) is 4.72. The molecule has 0 spiro atoms. The zero-order valence-electron chi connectivity index (χ0n) is 14.8. The lowest BCUT2D eigenvalue weighted by atomic mass is 10.2. The highest BCUT2D eigenvalue weighted by molar-refractivity contribution is 7.89. The molecule has 3 rings (SSSR count). The number of piperidine rings is 1. The van der Waals surface area contributed by atoms with Crippen molar-refractivity contribution in [3.63, 3.8) is 0 Å². The van der Waals surface area contributed by atoms with Crippen molar-refractivity contribution in [2.45, 2.75) is 30.7 Å². The third-order valence-corrected chi connectivity index (χ3v) is 6.95. The molecule has 0 atom stereocenters. The number of hydrogen-bond acceptors (Lipinski definition) is 5. The Hall–Kier alpha value is -1.94. The van der Waals surface area contributed by atoms with Crippen LogP contribution in [0.4, 0.5) is 5.69 Å². The van der Waals surface area contributed by atoms with Crippen molar-refractivity contribution in [3.05, 3.63) is 50.9 Å². The van der Waals surface area contributed by atoms with Crippen molar-refractivity contribution < 1.29 is 13.2 Å². The second-order valence-electron chi connectivity index (χ2n) is 6.31. The van der Waals surface area contributed by atoms with E-state index in [1.54, 1.807) is 12.1 Å². The molecule has 0 aliphatic carbocycles. The number of amides is 1. The Bertz CT molecular complexity index is 1050. The van der Waals surface area contributed by atoms with Crippen molar-refractivity contribution in [1.82, 2.24) is 14.1 Å². The number of sulfonamides is 1. The quantitative estimate of drug-likeness (QED) is 0.762. The average molecular weight is 445 g/mol. The molecule has 150 valence electrons. The van der Waals surface area contributed by atoms with Gasteiger partial charge in [-0.1, -0.05) is 35.7 Å². The SMILES string of the molecule is O=C(Cn1ncc(Cl)c(Cl)c1=O)Nc1cccc(S(=O)(=O)N2CCCCC2)c1. The van der Waals surface area contributed by atoms with E-state index < -0.39 is 28.0 Å². The van der Waals surface area contributed by atoms with Crippen molar-refractivity contribution in [1.29, 1.82) is 0 Å². The van der Waals surface area contributed by atoms with Crippen LogP contribution in [-0.2, 0) is 21.4 Å². The van der Waals surface area contributed by atoms with E-state index in [-0.39, 0.29) is 14.9 Å². The van der Waals surface area contributed by atoms with Gasteiger partial charge >= 0.3 is 0 Å². The van der Waals surface area contributed by atoms with Gasteiger partial charge < -0.3 is 5.32 Å². The van der Waals surface area contributed by atoms with Gasteiger partial charge in [-0.25, -0.2) is 13.1 Å². The molecule has 2 heterocycles. The number of benzene rings is 1. The number of hydrogen-bond donors (Lipinski definition) is 1. The molecular formula is C17H18Cl2N4O4S. The van der Waals surface area contributed by atoms with Crippen LogP contribution in [0.3, 0.4) is 0 Å². The number of anilines is 1. The Balaban J connectivity index is 1.75. The Labute approximate surface area is 172 Å². The number of carbonyl (C=O) groups excluding carboxylic acids is 1. The summed E-state index contributed by atoms with van der Waals surface area (Å²) >= 11 is 11.5. The normalized spacial score (nSPS) is 15.4. The molecule has 1 aliphatic heterocycles. The third kappa shape index (κ3) is 4.54. The molecule has 1 aromatic carbocycles. The smallest absolute Gasteiger partial charge is 0.287 e. The van der Waals surface area contributed by atoms with Crippen LogP contribution in [0.25, 0.3) is 0 Å². The van der Waals surface area contributed by atoms with Gasteiger partial charge in [0.1, 0.15) is 11.6 Å². The van der Waals surface area contributed by atoms with Gasteiger partial charge in [0.25, 0.3) is 5.56 Å². The topological polar surface area (TPSA) is 101 Å². The van der Waals surface area contributed by atoms with Gasteiger partial charge in [-0.2, -0.15) is 9.40 Å². The number of nitrogens with zero attached hydrogens (tertiary/aromatic N) is 3. The Kier molecular flexibility index (Phi) is 6.39. The molecule has 28 heavy (non-hydrogen) atoms. The lowest BCUT2D eigenvalue weighted by Crippen LogP contribution is -2.35. The predicted octanol–water partition coefficient (Wildman–Crippen LogP) is 2.36. The van der Waals surface area contributed by atoms with Crippen LogP contribution in [0.1, 0.15) is 19.3 Å². The maximum absolute atomic E-state index is 12.8. The summed E-state index contributed by atoms with van der Waals surface area (Å²) < 4.78 is 27.8. The van der Waals surface area contributed by atoms with Crippen molar-refractivity contribution >= 4 is 44.8 Å². The van der Waals surface area contributed by atoms with E-state index in [0.717, 1.165) is 23.9 Å². The number of halogens is 2. The number of aromatic nitrogens is 2. The molecule has 8 nitrogen and oxygen atoms in total. The molecule has 0 unspecified atom stereocenters. The van der Waals surface area contributed by atoms with Crippen LogP contribution in [-0.4, -0.2) is 41.5 Å². The lowest BCUT2D eigenvalue weighted by molar-refractivity contribution is -0.117. The molecule has 1 aliphatic rings. The van der Waals surface area contributed by atoms with Crippen LogP contribution in [0.5, 0.6) is 0 Å². The van der Waals surface area contributed by atoms with E-state index in [9.17, 15) is 18.0 Å². The molecule has 1 aromatic heterocycles. The minimum atomic E-state index is -3.61. The molecule has 2 aromatic rings. The monoisotopic (exact) mass is 444 g/mol. The van der Waals surface area contributed by atoms with Crippen LogP contribution in [0, 0.1) is 0 Å². The molecule has 1 amide bonds. The Morgan fingerprint density at radius 1 is 1.18 bits per heavy atom. The van der Waals surface area contributed by atoms with Gasteiger partial charge in [-0.05, 0) is 31.0 Å². The van der Waals surface area contributed by atoms with E-state index in [1.807, 2.05) is 0 Å². The van der Waals surface area contributed by atoms with Gasteiger partial charge in [-0.15, -0.1) is 0 Å². The summed E-state index contributed by atoms with van der Waals surface area (Å²) in [5.74, 6) is -0.555. The van der Waals surface area contributed by atoms with Crippen molar-refractivity contribution in [2.24, 2.45) is 0 Å². The molecule has 11 heteroatoms. The summed E-state index contributed by atoms with van der Waals surface area (Å²) in [5.41, 5.74) is -0.387. The van der Waals surface area contributed by atoms with Crippen LogP contribution in [0.2, 0.25) is 10.0 Å². The van der Waals surface area contributed by atoms with Gasteiger partial charge in [0.2, 0.25) is 15.9 Å². The van der Waals surface area contributed by atoms with E-state index in [4.69, 9.17) is 23.2 Å². The Morgan fingerprint density at radius 2 is 1.89 bits per heavy atom. The standard InChI is InChI=1S/C17H18Cl2N4O4S/c18-14-10-20-23(17(25)16(14)19)11-15(24)21-12-5-4-6-13(9-12)28(26,27)22-7-2-1-3-8-22/h4-6,9-10H,1-3,7-8,11H2,(H,21,24). The zero-order valence-corrected chi connectivity index (χ0v) is 17.1. The fraction of sp³-hybridized carbons (Fsp3) is 0.353. The molecule has 0 radical (unpaired) electrons. The average Bonchev–Trinajstić information content (AvgIpc) is 2.69. The first-order valence-corrected chi connectivity index (χ1v) is 10.8. The second kappa shape index (κ2) is 8.60. The molecule has 1 saturated heterocycles. The number of carbonyl (C=O) groups is 1. The third-order valence-electron chi connectivity index (χ3n) is 4.31. The van der Waals surface area contributed by atoms with Crippen LogP contribution < -0.4 is 10.9 Å². The first-order valence-electron chi connectivity index (χ1n) is 8.60. The van der Waals surface area contributed by atoms with E-state index in [0.29, 0.717) is 18.8 Å². The lowest BCUT2D eigenvalue weighted by Gasteiger charge is -2.26. The van der Waals surface area contributed by atoms with E-state index in [1.165, 1.54) is 22.6 Å². The zero-order chi connectivity index (χ0) is 20.3. The number of nitrogens with one attached hydrogen (secondary N) is 1. The first kappa shape index (κ1) is 20.8. The van der Waals surface area contributed by atoms with E-state index in [2.05, 4.69) is 10.4 Å². The van der Waals surface area contributed by atoms with Gasteiger partial charge in [-0.3, -0.25) is 9.59 Å². The summed E-state index contributed by atoms with van der Waals surface area (Å²) in [4.78, 5) is 24.3. The molecule has 1 N–H and O–H groups in total. The van der Waals surface area contributed by atoms with Crippen LogP contribution in [0.15, 0.2) is 40.2 Å². The minimum Gasteiger partial charge on any atom is -0.324 e. The molecule has 0 saturated carbocycles. The second-order valence-corrected chi connectivity index (χ2v) is 9.03. The highest BCUT2D eigenvalue weighted by Gasteiger charge is 2.26. The Morgan fingerprint density at radius 3 is 2.61 bits per heavy atom. The highest BCUT2D eigenvalue weighted by atomic mass is 35.5. The molecule has 1 fully saturated rings. The fourth-order valence-electron chi connectivity index (χ4n) is 2.88. The van der Waals surface area contributed by atoms with E-state index >= 15 is 0 Å². The largest absolute Gasteiger partial charge is 0.324 e. The summed E-state index contributed by atoms with van der Waals surface area (Å²) in [6.07, 6.45) is 3.86. The minimum absolute atomic E-state index is 0.000977. The van der Waals surface area contributed by atoms with Gasteiger partial charge in [0, 0.05) is 18.8 Å². The summed E-state index contributed by atoms with van der Waals surface area (Å²) in [6, 6.07) is 6.01. The van der Waals surface area contributed by atoms with Crippen LogP contribution >= 0.6 is 23.2 Å². The summed E-state index contributed by atoms with van der Waals surface area (Å²) in [7, 11) is -3.61. The van der Waals surface area contributed by atoms with Gasteiger partial charge in [0.15, 0.2) is 0 Å². The summed E-state index contributed by atoms with van der Waals surface area (Å²) in [5, 5.41) is 6.11. The van der Waals surface area contributed by atoms with Crippen molar-refractivity contribution in [2.75, 3.05) is 18.4 Å². The predicted molar refractivity (Wildman–Crippen MR) is 106 cm³/mol. The van der Waals surface area contributed by atoms with Crippen molar-refractivity contribution in [3.8, 4) is 0 Å². The van der Waals surface area contributed by atoms with Gasteiger partial charge in [0.05, 0.1) is 16.1 Å². The maximum atomic E-state index is 12.8. The highest BCUT2D eigenvalue weighted by Crippen LogP contribution is 2.23.